The number of amides is 1. The first-order valence-electron chi connectivity index (χ1n) is 7.30. The minimum absolute atomic E-state index is 0.0756. The average Bonchev–Trinajstić information content (AvgIpc) is 3.14. The zero-order valence-corrected chi connectivity index (χ0v) is 13.0. The van der Waals surface area contributed by atoms with Gasteiger partial charge in [0.2, 0.25) is 5.91 Å². The van der Waals surface area contributed by atoms with E-state index in [2.05, 4.69) is 10.3 Å². The Morgan fingerprint density at radius 2 is 1.96 bits per heavy atom. The van der Waals surface area contributed by atoms with E-state index in [1.54, 1.807) is 0 Å². The van der Waals surface area contributed by atoms with Crippen LogP contribution in [0.1, 0.15) is 0 Å². The van der Waals surface area contributed by atoms with Gasteiger partial charge in [-0.3, -0.25) is 4.79 Å². The van der Waals surface area contributed by atoms with Crippen molar-refractivity contribution >= 4 is 45.0 Å². The Kier molecular flexibility index (Phi) is 3.32. The van der Waals surface area contributed by atoms with E-state index in [9.17, 15) is 4.79 Å². The summed E-state index contributed by atoms with van der Waals surface area (Å²) < 4.78 is 1.89. The molecule has 0 aliphatic carbocycles. The molecule has 0 radical (unpaired) electrons. The minimum Gasteiger partial charge on any atom is -0.361 e. The van der Waals surface area contributed by atoms with Crippen molar-refractivity contribution in [1.82, 2.24) is 9.55 Å². The van der Waals surface area contributed by atoms with E-state index in [-0.39, 0.29) is 12.5 Å². The van der Waals surface area contributed by atoms with Crippen molar-refractivity contribution in [3.63, 3.8) is 0 Å². The first-order chi connectivity index (χ1) is 11.2. The number of hydrogen-bond acceptors (Lipinski definition) is 1. The highest BCUT2D eigenvalue weighted by Crippen LogP contribution is 2.21. The molecule has 0 fully saturated rings. The number of hydrogen-bond donors (Lipinski definition) is 2. The second-order valence-corrected chi connectivity index (χ2v) is 5.91. The molecule has 0 aliphatic heterocycles. The fraction of sp³-hybridized carbons (Fsp3) is 0.0556. The molecule has 1 amide bonds. The summed E-state index contributed by atoms with van der Waals surface area (Å²) in [6.07, 6.45) is 3.78. The fourth-order valence-electron chi connectivity index (χ4n) is 2.78. The van der Waals surface area contributed by atoms with E-state index in [0.717, 1.165) is 27.5 Å². The number of nitrogens with one attached hydrogen (secondary N) is 2. The summed E-state index contributed by atoms with van der Waals surface area (Å²) in [4.78, 5) is 15.4. The molecule has 5 heteroatoms. The molecule has 114 valence electrons. The van der Waals surface area contributed by atoms with Crippen molar-refractivity contribution in [1.29, 1.82) is 0 Å². The topological polar surface area (TPSA) is 49.8 Å². The summed E-state index contributed by atoms with van der Waals surface area (Å²) >= 11 is 6.04. The third kappa shape index (κ3) is 2.69. The molecule has 0 bridgehead atoms. The quantitative estimate of drug-likeness (QED) is 0.576. The maximum Gasteiger partial charge on any atom is 0.244 e. The Balaban J connectivity index is 1.55. The molecule has 4 rings (SSSR count). The smallest absolute Gasteiger partial charge is 0.244 e. The number of anilines is 1. The zero-order chi connectivity index (χ0) is 15.8. The van der Waals surface area contributed by atoms with E-state index in [0.29, 0.717) is 5.02 Å². The van der Waals surface area contributed by atoms with Crippen LogP contribution in [-0.4, -0.2) is 15.5 Å². The Hall–Kier alpha value is -2.72. The van der Waals surface area contributed by atoms with E-state index < -0.39 is 0 Å². The Labute approximate surface area is 137 Å². The Bertz CT molecular complexity index is 1020. The highest BCUT2D eigenvalue weighted by atomic mass is 35.5. The van der Waals surface area contributed by atoms with Gasteiger partial charge in [-0.1, -0.05) is 23.7 Å². The number of nitrogens with zero attached hydrogens (tertiary/aromatic N) is 1. The maximum absolute atomic E-state index is 12.3. The number of aromatic amines is 1. The molecule has 2 N–H and O–H groups in total. The van der Waals surface area contributed by atoms with Gasteiger partial charge in [-0.25, -0.2) is 0 Å². The van der Waals surface area contributed by atoms with Crippen LogP contribution in [0, 0.1) is 0 Å². The molecule has 0 saturated carbocycles. The van der Waals surface area contributed by atoms with Gasteiger partial charge in [0.1, 0.15) is 6.54 Å². The zero-order valence-electron chi connectivity index (χ0n) is 12.2. The van der Waals surface area contributed by atoms with Gasteiger partial charge in [0.05, 0.1) is 0 Å². The lowest BCUT2D eigenvalue weighted by molar-refractivity contribution is -0.116. The van der Waals surface area contributed by atoms with E-state index in [4.69, 9.17) is 11.6 Å². The maximum atomic E-state index is 12.3. The van der Waals surface area contributed by atoms with Crippen molar-refractivity contribution < 1.29 is 4.79 Å². The number of carbonyl (C=O) groups excluding carboxylic acids is 1. The van der Waals surface area contributed by atoms with Crippen LogP contribution in [0.3, 0.4) is 0 Å². The molecule has 4 aromatic rings. The van der Waals surface area contributed by atoms with Gasteiger partial charge in [-0.2, -0.15) is 0 Å². The second kappa shape index (κ2) is 5.48. The van der Waals surface area contributed by atoms with Gasteiger partial charge >= 0.3 is 0 Å². The highest BCUT2D eigenvalue weighted by molar-refractivity contribution is 6.31. The molecule has 4 nitrogen and oxygen atoms in total. The molecule has 0 unspecified atom stereocenters. The van der Waals surface area contributed by atoms with Crippen molar-refractivity contribution in [3.8, 4) is 0 Å². The fourth-order valence-corrected chi connectivity index (χ4v) is 2.94. The van der Waals surface area contributed by atoms with E-state index in [1.807, 2.05) is 65.5 Å². The van der Waals surface area contributed by atoms with E-state index >= 15 is 0 Å². The van der Waals surface area contributed by atoms with Crippen LogP contribution in [0.4, 0.5) is 5.69 Å². The van der Waals surface area contributed by atoms with Gasteiger partial charge in [-0.15, -0.1) is 0 Å². The molecule has 2 aromatic heterocycles. The van der Waals surface area contributed by atoms with Crippen molar-refractivity contribution in [2.24, 2.45) is 0 Å². The summed E-state index contributed by atoms with van der Waals surface area (Å²) in [7, 11) is 0. The third-order valence-corrected chi connectivity index (χ3v) is 4.12. The van der Waals surface area contributed by atoms with Crippen molar-refractivity contribution in [3.05, 3.63) is 65.9 Å². The molecular formula is C18H14ClN3O. The third-order valence-electron chi connectivity index (χ3n) is 3.89. The normalized spacial score (nSPS) is 11.2. The molecule has 0 atom stereocenters. The predicted molar refractivity (Wildman–Crippen MR) is 93.9 cm³/mol. The van der Waals surface area contributed by atoms with Crippen LogP contribution in [0.2, 0.25) is 5.02 Å². The van der Waals surface area contributed by atoms with Crippen molar-refractivity contribution in [2.75, 3.05) is 5.32 Å². The molecule has 0 saturated heterocycles. The lowest BCUT2D eigenvalue weighted by atomic mass is 10.2. The average molecular weight is 324 g/mol. The molecule has 2 heterocycles. The molecule has 2 aromatic carbocycles. The summed E-state index contributed by atoms with van der Waals surface area (Å²) in [5.74, 6) is -0.0756. The van der Waals surface area contributed by atoms with Gasteiger partial charge in [-0.05, 0) is 47.2 Å². The SMILES string of the molecule is O=C(Cn1ccc2ccc(Cl)cc21)Nc1ccc2cc[nH]c2c1. The Morgan fingerprint density at radius 3 is 2.87 bits per heavy atom. The number of H-pyrrole nitrogens is 1. The number of benzene rings is 2. The molecule has 0 spiro atoms. The van der Waals surface area contributed by atoms with Crippen LogP contribution in [0.25, 0.3) is 21.8 Å². The molecule has 0 aliphatic rings. The van der Waals surface area contributed by atoms with Gasteiger partial charge in [0.25, 0.3) is 0 Å². The van der Waals surface area contributed by atoms with Crippen molar-refractivity contribution in [2.45, 2.75) is 6.54 Å². The van der Waals surface area contributed by atoms with E-state index in [1.165, 1.54) is 0 Å². The number of aromatic nitrogens is 2. The summed E-state index contributed by atoms with van der Waals surface area (Å²) in [5, 5.41) is 5.78. The lowest BCUT2D eigenvalue weighted by Gasteiger charge is -2.08. The molecule has 23 heavy (non-hydrogen) atoms. The molecular weight excluding hydrogens is 310 g/mol. The summed E-state index contributed by atoms with van der Waals surface area (Å²) in [6.45, 7) is 0.243. The second-order valence-electron chi connectivity index (χ2n) is 5.47. The summed E-state index contributed by atoms with van der Waals surface area (Å²) in [6, 6.07) is 15.4. The standard InChI is InChI=1S/C18H14ClN3O/c19-14-3-1-13-6-8-22(17(13)9-14)11-18(23)21-15-4-2-12-5-7-20-16(12)10-15/h1-10,20H,11H2,(H,21,23). The van der Waals surface area contributed by atoms with Crippen LogP contribution in [-0.2, 0) is 11.3 Å². The number of fused-ring (bicyclic) bond motifs is 2. The number of halogens is 1. The first-order valence-corrected chi connectivity index (χ1v) is 7.68. The largest absolute Gasteiger partial charge is 0.361 e. The highest BCUT2D eigenvalue weighted by Gasteiger charge is 2.08. The Morgan fingerprint density at radius 1 is 1.09 bits per heavy atom. The summed E-state index contributed by atoms with van der Waals surface area (Å²) in [5.41, 5.74) is 2.73. The van der Waals surface area contributed by atoms with Crippen LogP contribution < -0.4 is 5.32 Å². The minimum atomic E-state index is -0.0756. The van der Waals surface area contributed by atoms with Gasteiger partial charge in [0, 0.05) is 34.1 Å². The number of rotatable bonds is 3. The van der Waals surface area contributed by atoms with Crippen LogP contribution >= 0.6 is 11.6 Å². The lowest BCUT2D eigenvalue weighted by Crippen LogP contribution is -2.18. The monoisotopic (exact) mass is 323 g/mol. The van der Waals surface area contributed by atoms with Crippen LogP contribution in [0.5, 0.6) is 0 Å². The predicted octanol–water partition coefficient (Wildman–Crippen LogP) is 4.41. The number of carbonyl (C=O) groups is 1. The van der Waals surface area contributed by atoms with Gasteiger partial charge < -0.3 is 14.9 Å². The van der Waals surface area contributed by atoms with Gasteiger partial charge in [0.15, 0.2) is 0 Å². The first kappa shape index (κ1) is 13.9. The van der Waals surface area contributed by atoms with Crippen LogP contribution in [0.15, 0.2) is 60.9 Å².